The van der Waals surface area contributed by atoms with Crippen LogP contribution >= 0.6 is 0 Å². The standard InChI is InChI=1S/C13H21N3O/c1-8(2)5-11(14)13(17)16-12-7-9(3)6-10(4)15-12/h6-8,11H,5,14H2,1-4H3,(H,15,16,17)/t11-/m0/s1. The van der Waals surface area contributed by atoms with E-state index >= 15 is 0 Å². The maximum atomic E-state index is 11.8. The zero-order valence-electron chi connectivity index (χ0n) is 10.9. The van der Waals surface area contributed by atoms with Crippen LogP contribution in [0.2, 0.25) is 0 Å². The van der Waals surface area contributed by atoms with Crippen molar-refractivity contribution in [2.75, 3.05) is 5.32 Å². The molecule has 0 saturated heterocycles. The summed E-state index contributed by atoms with van der Waals surface area (Å²) in [6.45, 7) is 7.96. The summed E-state index contributed by atoms with van der Waals surface area (Å²) < 4.78 is 0. The Balaban J connectivity index is 2.67. The Labute approximate surface area is 103 Å². The van der Waals surface area contributed by atoms with Gasteiger partial charge in [-0.2, -0.15) is 0 Å². The van der Waals surface area contributed by atoms with Gasteiger partial charge in [0.05, 0.1) is 6.04 Å². The van der Waals surface area contributed by atoms with Crippen LogP contribution in [0.5, 0.6) is 0 Å². The third-order valence-electron chi connectivity index (χ3n) is 2.41. The van der Waals surface area contributed by atoms with Gasteiger partial charge in [0.2, 0.25) is 5.91 Å². The maximum Gasteiger partial charge on any atom is 0.242 e. The number of aryl methyl sites for hydroxylation is 2. The average Bonchev–Trinajstić information content (AvgIpc) is 2.14. The number of carbonyl (C=O) groups is 1. The van der Waals surface area contributed by atoms with Crippen molar-refractivity contribution in [2.45, 2.75) is 40.2 Å². The molecule has 1 aromatic rings. The smallest absolute Gasteiger partial charge is 0.242 e. The van der Waals surface area contributed by atoms with Crippen LogP contribution in [0.15, 0.2) is 12.1 Å². The minimum atomic E-state index is -0.474. The van der Waals surface area contributed by atoms with Gasteiger partial charge in [-0.15, -0.1) is 0 Å². The van der Waals surface area contributed by atoms with Crippen molar-refractivity contribution in [2.24, 2.45) is 11.7 Å². The van der Waals surface area contributed by atoms with Crippen LogP contribution in [0, 0.1) is 19.8 Å². The lowest BCUT2D eigenvalue weighted by Crippen LogP contribution is -2.36. The van der Waals surface area contributed by atoms with Crippen LogP contribution in [0.3, 0.4) is 0 Å². The van der Waals surface area contributed by atoms with Crippen LogP contribution in [0.4, 0.5) is 5.82 Å². The normalized spacial score (nSPS) is 12.6. The molecule has 1 aromatic heterocycles. The molecule has 0 spiro atoms. The summed E-state index contributed by atoms with van der Waals surface area (Å²) in [5.74, 6) is 0.811. The molecule has 1 rings (SSSR count). The van der Waals surface area contributed by atoms with E-state index in [1.807, 2.05) is 39.8 Å². The molecule has 0 fully saturated rings. The van der Waals surface area contributed by atoms with Crippen molar-refractivity contribution in [1.29, 1.82) is 0 Å². The third-order valence-corrected chi connectivity index (χ3v) is 2.41. The molecule has 1 heterocycles. The molecule has 1 atom stereocenters. The average molecular weight is 235 g/mol. The molecular formula is C13H21N3O. The first kappa shape index (κ1) is 13.6. The number of amides is 1. The quantitative estimate of drug-likeness (QED) is 0.838. The van der Waals surface area contributed by atoms with Crippen molar-refractivity contribution in [3.63, 3.8) is 0 Å². The molecule has 0 aliphatic rings. The van der Waals surface area contributed by atoms with Gasteiger partial charge in [0.25, 0.3) is 0 Å². The summed E-state index contributed by atoms with van der Waals surface area (Å²) in [6, 6.07) is 3.33. The molecule has 0 aromatic carbocycles. The predicted octanol–water partition coefficient (Wildman–Crippen LogP) is 2.01. The van der Waals surface area contributed by atoms with Gasteiger partial charge >= 0.3 is 0 Å². The fraction of sp³-hybridized carbons (Fsp3) is 0.538. The number of hydrogen-bond donors (Lipinski definition) is 2. The molecule has 0 unspecified atom stereocenters. The van der Waals surface area contributed by atoms with Crippen molar-refractivity contribution < 1.29 is 4.79 Å². The van der Waals surface area contributed by atoms with E-state index in [4.69, 9.17) is 5.73 Å². The van der Waals surface area contributed by atoms with E-state index in [-0.39, 0.29) is 5.91 Å². The number of hydrogen-bond acceptors (Lipinski definition) is 3. The van der Waals surface area contributed by atoms with E-state index in [1.165, 1.54) is 0 Å². The lowest BCUT2D eigenvalue weighted by molar-refractivity contribution is -0.117. The molecule has 1 amide bonds. The first-order chi connectivity index (χ1) is 7.88. The van der Waals surface area contributed by atoms with Crippen LogP contribution in [-0.4, -0.2) is 16.9 Å². The van der Waals surface area contributed by atoms with Crippen molar-refractivity contribution >= 4 is 11.7 Å². The zero-order chi connectivity index (χ0) is 13.0. The number of nitrogens with one attached hydrogen (secondary N) is 1. The Bertz CT molecular complexity index is 381. The highest BCUT2D eigenvalue weighted by molar-refractivity contribution is 5.93. The van der Waals surface area contributed by atoms with Gasteiger partial charge in [0.15, 0.2) is 0 Å². The predicted molar refractivity (Wildman–Crippen MR) is 69.8 cm³/mol. The minimum Gasteiger partial charge on any atom is -0.320 e. The molecule has 0 radical (unpaired) electrons. The second-order valence-corrected chi connectivity index (χ2v) is 4.90. The van der Waals surface area contributed by atoms with E-state index in [0.717, 1.165) is 11.3 Å². The first-order valence-electron chi connectivity index (χ1n) is 5.90. The van der Waals surface area contributed by atoms with E-state index < -0.39 is 6.04 Å². The van der Waals surface area contributed by atoms with Gasteiger partial charge in [-0.05, 0) is 43.9 Å². The first-order valence-corrected chi connectivity index (χ1v) is 5.90. The molecule has 17 heavy (non-hydrogen) atoms. The summed E-state index contributed by atoms with van der Waals surface area (Å²) in [6.07, 6.45) is 0.677. The lowest BCUT2D eigenvalue weighted by Gasteiger charge is -2.14. The van der Waals surface area contributed by atoms with Crippen LogP contribution in [0.25, 0.3) is 0 Å². The SMILES string of the molecule is Cc1cc(C)nc(NC(=O)[C@@H](N)CC(C)C)c1. The van der Waals surface area contributed by atoms with Gasteiger partial charge in [0.1, 0.15) is 5.82 Å². The van der Waals surface area contributed by atoms with Gasteiger partial charge in [-0.25, -0.2) is 4.98 Å². The highest BCUT2D eigenvalue weighted by atomic mass is 16.2. The van der Waals surface area contributed by atoms with Gasteiger partial charge in [-0.3, -0.25) is 4.79 Å². The molecule has 0 aliphatic carbocycles. The van der Waals surface area contributed by atoms with E-state index in [1.54, 1.807) is 0 Å². The molecule has 0 aliphatic heterocycles. The largest absolute Gasteiger partial charge is 0.320 e. The van der Waals surface area contributed by atoms with Crippen molar-refractivity contribution in [1.82, 2.24) is 4.98 Å². The van der Waals surface area contributed by atoms with Gasteiger partial charge in [-0.1, -0.05) is 13.8 Å². The topological polar surface area (TPSA) is 68.0 Å². The second-order valence-electron chi connectivity index (χ2n) is 4.90. The molecule has 0 saturated carbocycles. The van der Waals surface area contributed by atoms with Crippen LogP contribution in [-0.2, 0) is 4.79 Å². The summed E-state index contributed by atoms with van der Waals surface area (Å²) in [5, 5.41) is 2.75. The number of aromatic nitrogens is 1. The number of pyridine rings is 1. The van der Waals surface area contributed by atoms with Crippen molar-refractivity contribution in [3.05, 3.63) is 23.4 Å². The fourth-order valence-electron chi connectivity index (χ4n) is 1.74. The van der Waals surface area contributed by atoms with Gasteiger partial charge in [0, 0.05) is 5.69 Å². The summed E-state index contributed by atoms with van der Waals surface area (Å²) in [5.41, 5.74) is 7.76. The summed E-state index contributed by atoms with van der Waals surface area (Å²) in [7, 11) is 0. The van der Waals surface area contributed by atoms with E-state index in [0.29, 0.717) is 18.2 Å². The lowest BCUT2D eigenvalue weighted by atomic mass is 10.0. The number of nitrogens with zero attached hydrogens (tertiary/aromatic N) is 1. The Hall–Kier alpha value is -1.42. The number of nitrogens with two attached hydrogens (primary N) is 1. The molecule has 4 heteroatoms. The third kappa shape index (κ3) is 4.53. The van der Waals surface area contributed by atoms with Crippen LogP contribution < -0.4 is 11.1 Å². The minimum absolute atomic E-state index is 0.170. The second kappa shape index (κ2) is 5.77. The highest BCUT2D eigenvalue weighted by Gasteiger charge is 2.15. The summed E-state index contributed by atoms with van der Waals surface area (Å²) >= 11 is 0. The molecule has 0 bridgehead atoms. The Morgan fingerprint density at radius 1 is 1.41 bits per heavy atom. The maximum absolute atomic E-state index is 11.8. The number of rotatable bonds is 4. The number of anilines is 1. The molecule has 3 N–H and O–H groups in total. The Kier molecular flexibility index (Phi) is 4.63. The Morgan fingerprint density at radius 2 is 2.06 bits per heavy atom. The van der Waals surface area contributed by atoms with Crippen molar-refractivity contribution in [3.8, 4) is 0 Å². The van der Waals surface area contributed by atoms with E-state index in [9.17, 15) is 4.79 Å². The van der Waals surface area contributed by atoms with Gasteiger partial charge < -0.3 is 11.1 Å². The fourth-order valence-corrected chi connectivity index (χ4v) is 1.74. The van der Waals surface area contributed by atoms with E-state index in [2.05, 4.69) is 10.3 Å². The number of carbonyl (C=O) groups excluding carboxylic acids is 1. The molecule has 94 valence electrons. The van der Waals surface area contributed by atoms with Crippen LogP contribution in [0.1, 0.15) is 31.5 Å². The molecular weight excluding hydrogens is 214 g/mol. The summed E-state index contributed by atoms with van der Waals surface area (Å²) in [4.78, 5) is 16.0. The molecule has 4 nitrogen and oxygen atoms in total. The zero-order valence-corrected chi connectivity index (χ0v) is 10.9. The monoisotopic (exact) mass is 235 g/mol. The Morgan fingerprint density at radius 3 is 2.59 bits per heavy atom. The highest BCUT2D eigenvalue weighted by Crippen LogP contribution is 2.10.